The maximum atomic E-state index is 13.7. The highest BCUT2D eigenvalue weighted by molar-refractivity contribution is 5.69. The quantitative estimate of drug-likeness (QED) is 0.268. The maximum Gasteiger partial charge on any atom is 0.419 e. The summed E-state index contributed by atoms with van der Waals surface area (Å²) in [6.07, 6.45) is -5.54. The first-order valence-electron chi connectivity index (χ1n) is 12.2. The molecule has 0 heterocycles. The molecule has 1 amide bonds. The van der Waals surface area contributed by atoms with Crippen LogP contribution in [0.15, 0.2) is 36.4 Å². The van der Waals surface area contributed by atoms with Gasteiger partial charge in [0.05, 0.1) is 24.8 Å². The van der Waals surface area contributed by atoms with E-state index in [1.54, 1.807) is 39.0 Å². The standard InChI is InChI=1S/C27H36F4N2O5/c1-6-36-15-17(2)24(33(11-12-34)25(35)38-26(3,4)5)20-14-19(32)8-10-23(20)37-16-18-7-9-22(28)21(13-18)27(29,30)31/h7-10,13-14,17,24,34H,6,11-12,15-16,32H2,1-5H3. The van der Waals surface area contributed by atoms with Gasteiger partial charge in [-0.15, -0.1) is 0 Å². The van der Waals surface area contributed by atoms with Gasteiger partial charge in [-0.25, -0.2) is 9.18 Å². The summed E-state index contributed by atoms with van der Waals surface area (Å²) >= 11 is 0. The van der Waals surface area contributed by atoms with E-state index in [1.165, 1.54) is 11.0 Å². The summed E-state index contributed by atoms with van der Waals surface area (Å²) in [5.74, 6) is -1.46. The number of hydrogen-bond donors (Lipinski definition) is 2. The second-order valence-electron chi connectivity index (χ2n) is 9.88. The van der Waals surface area contributed by atoms with Gasteiger partial charge in [0.1, 0.15) is 23.8 Å². The molecule has 2 aromatic rings. The lowest BCUT2D eigenvalue weighted by Gasteiger charge is -2.37. The highest BCUT2D eigenvalue weighted by Crippen LogP contribution is 2.38. The van der Waals surface area contributed by atoms with E-state index < -0.39 is 35.3 Å². The fourth-order valence-corrected chi connectivity index (χ4v) is 3.92. The van der Waals surface area contributed by atoms with E-state index in [2.05, 4.69) is 0 Å². The van der Waals surface area contributed by atoms with E-state index in [4.69, 9.17) is 19.9 Å². The largest absolute Gasteiger partial charge is 0.489 e. The van der Waals surface area contributed by atoms with Gasteiger partial charge in [-0.05, 0) is 63.6 Å². The highest BCUT2D eigenvalue weighted by Gasteiger charge is 2.36. The Morgan fingerprint density at radius 1 is 1.13 bits per heavy atom. The molecule has 11 heteroatoms. The van der Waals surface area contributed by atoms with Crippen LogP contribution in [0.3, 0.4) is 0 Å². The van der Waals surface area contributed by atoms with Crippen molar-refractivity contribution in [1.82, 2.24) is 4.90 Å². The first-order chi connectivity index (χ1) is 17.7. The minimum absolute atomic E-state index is 0.0722. The Kier molecular flexibility index (Phi) is 10.8. The predicted molar refractivity (Wildman–Crippen MR) is 135 cm³/mol. The number of ether oxygens (including phenoxy) is 3. The third-order valence-corrected chi connectivity index (χ3v) is 5.51. The molecule has 2 aromatic carbocycles. The van der Waals surface area contributed by atoms with Crippen molar-refractivity contribution < 1.29 is 41.7 Å². The van der Waals surface area contributed by atoms with Crippen LogP contribution in [0.2, 0.25) is 0 Å². The summed E-state index contributed by atoms with van der Waals surface area (Å²) in [6, 6.07) is 6.60. The van der Waals surface area contributed by atoms with Gasteiger partial charge in [0.2, 0.25) is 0 Å². The Labute approximate surface area is 220 Å². The van der Waals surface area contributed by atoms with Crippen LogP contribution in [0, 0.1) is 11.7 Å². The van der Waals surface area contributed by atoms with Crippen LogP contribution in [0.1, 0.15) is 57.4 Å². The number of carbonyl (C=O) groups excluding carboxylic acids is 1. The topological polar surface area (TPSA) is 94.3 Å². The second kappa shape index (κ2) is 13.1. The van der Waals surface area contributed by atoms with Crippen molar-refractivity contribution >= 4 is 11.8 Å². The maximum absolute atomic E-state index is 13.7. The fraction of sp³-hybridized carbons (Fsp3) is 0.519. The number of nitrogens with two attached hydrogens (primary N) is 1. The Hall–Kier alpha value is -3.05. The number of nitrogen functional groups attached to an aromatic ring is 1. The summed E-state index contributed by atoms with van der Waals surface area (Å²) in [6.45, 7) is 8.76. The molecule has 0 spiro atoms. The molecule has 7 nitrogen and oxygen atoms in total. The molecule has 0 bridgehead atoms. The lowest BCUT2D eigenvalue weighted by Crippen LogP contribution is -2.43. The molecule has 3 N–H and O–H groups in total. The molecular formula is C27H36F4N2O5. The smallest absolute Gasteiger partial charge is 0.419 e. The van der Waals surface area contributed by atoms with Gasteiger partial charge in [-0.1, -0.05) is 13.0 Å². The van der Waals surface area contributed by atoms with Gasteiger partial charge in [-0.2, -0.15) is 13.2 Å². The van der Waals surface area contributed by atoms with Gasteiger partial charge in [-0.3, -0.25) is 4.90 Å². The summed E-state index contributed by atoms with van der Waals surface area (Å²) < 4.78 is 70.4. The average molecular weight is 545 g/mol. The number of anilines is 1. The molecule has 0 saturated heterocycles. The van der Waals surface area contributed by atoms with E-state index in [0.717, 1.165) is 6.07 Å². The van der Waals surface area contributed by atoms with E-state index in [0.29, 0.717) is 23.9 Å². The van der Waals surface area contributed by atoms with Crippen molar-refractivity contribution in [3.63, 3.8) is 0 Å². The number of nitrogens with zero attached hydrogens (tertiary/aromatic N) is 1. The van der Waals surface area contributed by atoms with Gasteiger partial charge < -0.3 is 25.1 Å². The number of amides is 1. The molecule has 2 atom stereocenters. The van der Waals surface area contributed by atoms with Gasteiger partial charge in [0.25, 0.3) is 0 Å². The Bertz CT molecular complexity index is 1070. The molecular weight excluding hydrogens is 508 g/mol. The van der Waals surface area contributed by atoms with Gasteiger partial charge in [0, 0.05) is 30.3 Å². The average Bonchev–Trinajstić information content (AvgIpc) is 2.80. The van der Waals surface area contributed by atoms with Crippen LogP contribution in [0.4, 0.5) is 28.0 Å². The molecule has 0 aliphatic carbocycles. The summed E-state index contributed by atoms with van der Waals surface area (Å²) in [4.78, 5) is 14.6. The first-order valence-corrected chi connectivity index (χ1v) is 12.2. The minimum atomic E-state index is -4.86. The van der Waals surface area contributed by atoms with Crippen LogP contribution >= 0.6 is 0 Å². The van der Waals surface area contributed by atoms with Crippen molar-refractivity contribution in [3.8, 4) is 5.75 Å². The molecule has 2 rings (SSSR count). The zero-order valence-corrected chi connectivity index (χ0v) is 22.3. The monoisotopic (exact) mass is 544 g/mol. The van der Waals surface area contributed by atoms with Gasteiger partial charge >= 0.3 is 12.3 Å². The second-order valence-corrected chi connectivity index (χ2v) is 9.88. The number of rotatable bonds is 11. The zero-order chi connectivity index (χ0) is 28.7. The van der Waals surface area contributed by atoms with E-state index >= 15 is 0 Å². The predicted octanol–water partition coefficient (Wildman–Crippen LogP) is 5.95. The van der Waals surface area contributed by atoms with E-state index in [1.807, 2.05) is 13.8 Å². The fourth-order valence-electron chi connectivity index (χ4n) is 3.92. The molecule has 0 aliphatic heterocycles. The Morgan fingerprint density at radius 3 is 2.39 bits per heavy atom. The van der Waals surface area contributed by atoms with Crippen LogP contribution in [0.5, 0.6) is 5.75 Å². The van der Waals surface area contributed by atoms with Crippen LogP contribution in [0.25, 0.3) is 0 Å². The SMILES string of the molecule is CCOCC(C)C(c1cc(N)ccc1OCc1ccc(F)c(C(F)(F)F)c1)N(CCO)C(=O)OC(C)(C)C. The Morgan fingerprint density at radius 2 is 1.82 bits per heavy atom. The molecule has 2 unspecified atom stereocenters. The normalized spacial score (nSPS) is 13.6. The number of carbonyl (C=O) groups is 1. The Balaban J connectivity index is 2.52. The lowest BCUT2D eigenvalue weighted by atomic mass is 9.92. The minimum Gasteiger partial charge on any atom is -0.489 e. The molecule has 0 saturated carbocycles. The van der Waals surface area contributed by atoms with Crippen LogP contribution in [-0.2, 0) is 22.3 Å². The van der Waals surface area contributed by atoms with Crippen molar-refractivity contribution in [1.29, 1.82) is 0 Å². The lowest BCUT2D eigenvalue weighted by molar-refractivity contribution is -0.140. The molecule has 38 heavy (non-hydrogen) atoms. The zero-order valence-electron chi connectivity index (χ0n) is 22.3. The number of aliphatic hydroxyl groups excluding tert-OH is 1. The number of alkyl halides is 3. The molecule has 0 aromatic heterocycles. The van der Waals surface area contributed by atoms with Crippen molar-refractivity contribution in [3.05, 3.63) is 58.9 Å². The molecule has 0 radical (unpaired) electrons. The van der Waals surface area contributed by atoms with Crippen molar-refractivity contribution in [2.24, 2.45) is 5.92 Å². The van der Waals surface area contributed by atoms with E-state index in [9.17, 15) is 27.5 Å². The van der Waals surface area contributed by atoms with Crippen LogP contribution < -0.4 is 10.5 Å². The van der Waals surface area contributed by atoms with Crippen molar-refractivity contribution in [2.45, 2.75) is 59.0 Å². The van der Waals surface area contributed by atoms with Crippen LogP contribution in [-0.4, -0.2) is 48.1 Å². The highest BCUT2D eigenvalue weighted by atomic mass is 19.4. The number of benzene rings is 2. The van der Waals surface area contributed by atoms with Crippen molar-refractivity contribution in [2.75, 3.05) is 32.1 Å². The molecule has 212 valence electrons. The summed E-state index contributed by atoms with van der Waals surface area (Å²) in [5, 5.41) is 9.77. The number of hydrogen-bond acceptors (Lipinski definition) is 6. The van der Waals surface area contributed by atoms with Gasteiger partial charge in [0.15, 0.2) is 0 Å². The first kappa shape index (κ1) is 31.2. The number of halogens is 4. The summed E-state index contributed by atoms with van der Waals surface area (Å²) in [5.41, 5.74) is 4.78. The summed E-state index contributed by atoms with van der Waals surface area (Å²) in [7, 11) is 0. The third kappa shape index (κ3) is 8.76. The molecule has 0 aliphatic rings. The number of aliphatic hydroxyl groups is 1. The van der Waals surface area contributed by atoms with E-state index in [-0.39, 0.29) is 43.6 Å². The third-order valence-electron chi connectivity index (χ3n) is 5.51. The molecule has 0 fully saturated rings.